The third kappa shape index (κ3) is 2.21. The van der Waals surface area contributed by atoms with Gasteiger partial charge in [0.25, 0.3) is 0 Å². The van der Waals surface area contributed by atoms with Gasteiger partial charge in [0.2, 0.25) is 0 Å². The molecule has 0 unspecified atom stereocenters. The lowest BCUT2D eigenvalue weighted by Gasteiger charge is -1.99. The molecule has 5 nitrogen and oxygen atoms in total. The van der Waals surface area contributed by atoms with Crippen LogP contribution in [0, 0.1) is 0 Å². The fourth-order valence-electron chi connectivity index (χ4n) is 0.993. The van der Waals surface area contributed by atoms with Gasteiger partial charge in [-0.3, -0.25) is 4.68 Å². The Hall–Kier alpha value is -1.07. The molecule has 1 rings (SSSR count). The first kappa shape index (κ1) is 9.02. The molecule has 0 aromatic carbocycles. The van der Waals surface area contributed by atoms with E-state index in [-0.39, 0.29) is 6.61 Å². The van der Waals surface area contributed by atoms with E-state index in [4.69, 9.17) is 10.8 Å². The Morgan fingerprint density at radius 1 is 1.75 bits per heavy atom. The highest BCUT2D eigenvalue weighted by atomic mass is 16.3. The average Bonchev–Trinajstić information content (AvgIpc) is 2.31. The first-order chi connectivity index (χ1) is 5.74. The second kappa shape index (κ2) is 4.08. The predicted molar refractivity (Wildman–Crippen MR) is 46.4 cm³/mol. The number of aliphatic hydroxyl groups is 1. The van der Waals surface area contributed by atoms with E-state index < -0.39 is 0 Å². The maximum atomic E-state index is 8.50. The highest BCUT2D eigenvalue weighted by molar-refractivity contribution is 5.36. The van der Waals surface area contributed by atoms with E-state index >= 15 is 0 Å². The predicted octanol–water partition coefficient (Wildman–Crippen LogP) is -0.916. The van der Waals surface area contributed by atoms with Gasteiger partial charge in [0.05, 0.1) is 6.61 Å². The van der Waals surface area contributed by atoms with Crippen molar-refractivity contribution in [2.24, 2.45) is 7.05 Å². The van der Waals surface area contributed by atoms with Gasteiger partial charge in [-0.1, -0.05) is 0 Å². The average molecular weight is 170 g/mol. The molecule has 1 aromatic rings. The van der Waals surface area contributed by atoms with Crippen LogP contribution >= 0.6 is 0 Å². The molecule has 0 aliphatic heterocycles. The van der Waals surface area contributed by atoms with Crippen LogP contribution in [0.3, 0.4) is 0 Å². The molecule has 0 saturated heterocycles. The van der Waals surface area contributed by atoms with Gasteiger partial charge in [0.1, 0.15) is 5.82 Å². The first-order valence-corrected chi connectivity index (χ1v) is 3.83. The highest BCUT2D eigenvalue weighted by Crippen LogP contribution is 2.06. The summed E-state index contributed by atoms with van der Waals surface area (Å²) in [6.07, 6.45) is 1.86. The molecule has 5 heteroatoms. The zero-order chi connectivity index (χ0) is 8.97. The van der Waals surface area contributed by atoms with Crippen LogP contribution in [0.4, 0.5) is 5.82 Å². The number of aliphatic hydroxyl groups excluding tert-OH is 1. The summed E-state index contributed by atoms with van der Waals surface area (Å²) >= 11 is 0. The van der Waals surface area contributed by atoms with Crippen molar-refractivity contribution in [1.82, 2.24) is 15.1 Å². The molecule has 0 aliphatic rings. The maximum absolute atomic E-state index is 8.50. The minimum atomic E-state index is 0.139. The van der Waals surface area contributed by atoms with Crippen molar-refractivity contribution in [2.75, 3.05) is 18.9 Å². The minimum absolute atomic E-state index is 0.139. The molecule has 0 fully saturated rings. The Labute approximate surface area is 71.2 Å². The van der Waals surface area contributed by atoms with Crippen LogP contribution in [0.2, 0.25) is 0 Å². The van der Waals surface area contributed by atoms with Crippen LogP contribution in [-0.4, -0.2) is 28.0 Å². The maximum Gasteiger partial charge on any atom is 0.149 e. The molecule has 0 aliphatic carbocycles. The lowest BCUT2D eigenvalue weighted by atomic mass is 10.3. The van der Waals surface area contributed by atoms with Gasteiger partial charge in [0.15, 0.2) is 0 Å². The monoisotopic (exact) mass is 170 g/mol. The number of rotatable bonds is 4. The van der Waals surface area contributed by atoms with Crippen molar-refractivity contribution in [1.29, 1.82) is 0 Å². The Bertz CT molecular complexity index is 246. The van der Waals surface area contributed by atoms with Gasteiger partial charge >= 0.3 is 0 Å². The number of nitrogens with two attached hydrogens (primary N) is 1. The van der Waals surface area contributed by atoms with E-state index in [2.05, 4.69) is 10.4 Å². The van der Waals surface area contributed by atoms with E-state index in [0.717, 1.165) is 5.56 Å². The summed E-state index contributed by atoms with van der Waals surface area (Å²) in [6.45, 7) is 1.37. The van der Waals surface area contributed by atoms with E-state index in [0.29, 0.717) is 18.9 Å². The van der Waals surface area contributed by atoms with Gasteiger partial charge in [-0.25, -0.2) is 0 Å². The molecule has 0 spiro atoms. The third-order valence-corrected chi connectivity index (χ3v) is 1.54. The summed E-state index contributed by atoms with van der Waals surface area (Å²) in [5.41, 5.74) is 6.55. The standard InChI is InChI=1S/C7H14N4O/c1-11-5-6(7(8)10-11)4-9-2-3-12/h5,9,12H,2-4H2,1H3,(H2,8,10). The number of nitrogen functional groups attached to an aromatic ring is 1. The molecule has 0 amide bonds. The van der Waals surface area contributed by atoms with Gasteiger partial charge < -0.3 is 16.2 Å². The molecule has 12 heavy (non-hydrogen) atoms. The smallest absolute Gasteiger partial charge is 0.149 e. The zero-order valence-electron chi connectivity index (χ0n) is 7.12. The lowest BCUT2D eigenvalue weighted by Crippen LogP contribution is -2.17. The molecule has 0 atom stereocenters. The molecule has 68 valence electrons. The van der Waals surface area contributed by atoms with Crippen molar-refractivity contribution in [3.63, 3.8) is 0 Å². The van der Waals surface area contributed by atoms with Crippen molar-refractivity contribution < 1.29 is 5.11 Å². The molecule has 0 saturated carbocycles. The van der Waals surface area contributed by atoms with Crippen molar-refractivity contribution >= 4 is 5.82 Å². The molecular formula is C7H14N4O. The fraction of sp³-hybridized carbons (Fsp3) is 0.571. The number of nitrogens with zero attached hydrogens (tertiary/aromatic N) is 2. The molecule has 1 aromatic heterocycles. The Morgan fingerprint density at radius 2 is 2.50 bits per heavy atom. The van der Waals surface area contributed by atoms with Crippen LogP contribution in [0.15, 0.2) is 6.20 Å². The number of hydrogen-bond acceptors (Lipinski definition) is 4. The van der Waals surface area contributed by atoms with Crippen LogP contribution in [0.5, 0.6) is 0 Å². The number of nitrogens with one attached hydrogen (secondary N) is 1. The van der Waals surface area contributed by atoms with Crippen LogP contribution in [-0.2, 0) is 13.6 Å². The topological polar surface area (TPSA) is 76.1 Å². The molecule has 0 bridgehead atoms. The number of aromatic nitrogens is 2. The summed E-state index contributed by atoms with van der Waals surface area (Å²) in [5.74, 6) is 0.544. The summed E-state index contributed by atoms with van der Waals surface area (Å²) in [7, 11) is 1.83. The van der Waals surface area contributed by atoms with E-state index in [1.54, 1.807) is 4.68 Å². The Morgan fingerprint density at radius 3 is 3.00 bits per heavy atom. The summed E-state index contributed by atoms with van der Waals surface area (Å²) in [5, 5.41) is 15.5. The first-order valence-electron chi connectivity index (χ1n) is 3.83. The van der Waals surface area contributed by atoms with Crippen molar-refractivity contribution in [2.45, 2.75) is 6.54 Å². The highest BCUT2D eigenvalue weighted by Gasteiger charge is 2.01. The van der Waals surface area contributed by atoms with E-state index in [1.165, 1.54) is 0 Å². The number of hydrogen-bond donors (Lipinski definition) is 3. The second-order valence-electron chi connectivity index (χ2n) is 2.61. The van der Waals surface area contributed by atoms with Gasteiger partial charge in [0, 0.05) is 31.9 Å². The number of aryl methyl sites for hydroxylation is 1. The second-order valence-corrected chi connectivity index (χ2v) is 2.61. The van der Waals surface area contributed by atoms with Crippen molar-refractivity contribution in [3.8, 4) is 0 Å². The summed E-state index contributed by atoms with van der Waals surface area (Å²) < 4.78 is 1.67. The summed E-state index contributed by atoms with van der Waals surface area (Å²) in [4.78, 5) is 0. The fourth-order valence-corrected chi connectivity index (χ4v) is 0.993. The number of anilines is 1. The van der Waals surface area contributed by atoms with Crippen molar-refractivity contribution in [3.05, 3.63) is 11.8 Å². The minimum Gasteiger partial charge on any atom is -0.395 e. The SMILES string of the molecule is Cn1cc(CNCCO)c(N)n1. The Kier molecular flexibility index (Phi) is 3.07. The van der Waals surface area contributed by atoms with E-state index in [9.17, 15) is 0 Å². The summed E-state index contributed by atoms with van der Waals surface area (Å²) in [6, 6.07) is 0. The zero-order valence-corrected chi connectivity index (χ0v) is 7.12. The van der Waals surface area contributed by atoms with Crippen LogP contribution in [0.25, 0.3) is 0 Å². The largest absolute Gasteiger partial charge is 0.395 e. The Balaban J connectivity index is 2.45. The third-order valence-electron chi connectivity index (χ3n) is 1.54. The van der Waals surface area contributed by atoms with Crippen LogP contribution in [0.1, 0.15) is 5.56 Å². The normalized spacial score (nSPS) is 10.5. The van der Waals surface area contributed by atoms with E-state index in [1.807, 2.05) is 13.2 Å². The van der Waals surface area contributed by atoms with Crippen LogP contribution < -0.4 is 11.1 Å². The quantitative estimate of drug-likeness (QED) is 0.511. The van der Waals surface area contributed by atoms with Gasteiger partial charge in [-0.05, 0) is 0 Å². The molecule has 1 heterocycles. The molecule has 0 radical (unpaired) electrons. The van der Waals surface area contributed by atoms with Gasteiger partial charge in [-0.15, -0.1) is 0 Å². The molecule has 4 N–H and O–H groups in total. The lowest BCUT2D eigenvalue weighted by molar-refractivity contribution is 0.292. The molecular weight excluding hydrogens is 156 g/mol. The van der Waals surface area contributed by atoms with Gasteiger partial charge in [-0.2, -0.15) is 5.10 Å².